The Morgan fingerprint density at radius 3 is 2.41 bits per heavy atom. The minimum absolute atomic E-state index is 0.650. The number of aromatic nitrogens is 2. The molecule has 0 radical (unpaired) electrons. The van der Waals surface area contributed by atoms with Crippen molar-refractivity contribution < 1.29 is 0 Å². The minimum atomic E-state index is 0.650. The van der Waals surface area contributed by atoms with Gasteiger partial charge in [0.1, 0.15) is 0 Å². The van der Waals surface area contributed by atoms with Crippen molar-refractivity contribution in [3.8, 4) is 0 Å². The Hall–Kier alpha value is -0.960. The molecule has 1 N–H and O–H groups in total. The third-order valence-corrected chi connectivity index (χ3v) is 3.58. The van der Waals surface area contributed by atoms with E-state index in [1.165, 1.54) is 19.3 Å². The van der Waals surface area contributed by atoms with Crippen molar-refractivity contribution in [3.05, 3.63) is 23.8 Å². The quantitative estimate of drug-likeness (QED) is 0.872. The van der Waals surface area contributed by atoms with Gasteiger partial charge < -0.3 is 5.32 Å². The molecule has 0 aromatic carbocycles. The van der Waals surface area contributed by atoms with Gasteiger partial charge in [0.15, 0.2) is 0 Å². The standard InChI is InChI=1S/C14H23N3/c1-10-4-11(2)6-13(5-10)17-9-14-8-15-12(3)7-16-14/h7-8,10-11,13,17H,4-6,9H2,1-3H3. The smallest absolute Gasteiger partial charge is 0.0724 e. The monoisotopic (exact) mass is 233 g/mol. The second-order valence-electron chi connectivity index (χ2n) is 5.64. The molecule has 3 heteroatoms. The van der Waals surface area contributed by atoms with Gasteiger partial charge in [-0.2, -0.15) is 0 Å². The van der Waals surface area contributed by atoms with Crippen LogP contribution in [-0.2, 0) is 6.54 Å². The van der Waals surface area contributed by atoms with Gasteiger partial charge in [-0.25, -0.2) is 0 Å². The summed E-state index contributed by atoms with van der Waals surface area (Å²) in [5.74, 6) is 1.70. The zero-order valence-corrected chi connectivity index (χ0v) is 11.1. The lowest BCUT2D eigenvalue weighted by molar-refractivity contribution is 0.237. The molecule has 1 aliphatic carbocycles. The van der Waals surface area contributed by atoms with E-state index in [0.29, 0.717) is 6.04 Å². The lowest BCUT2D eigenvalue weighted by atomic mass is 9.80. The molecule has 2 rings (SSSR count). The summed E-state index contributed by atoms with van der Waals surface area (Å²) < 4.78 is 0. The van der Waals surface area contributed by atoms with Crippen LogP contribution < -0.4 is 5.32 Å². The Morgan fingerprint density at radius 2 is 1.82 bits per heavy atom. The number of hydrogen-bond acceptors (Lipinski definition) is 3. The van der Waals surface area contributed by atoms with Crippen LogP contribution in [-0.4, -0.2) is 16.0 Å². The fraction of sp³-hybridized carbons (Fsp3) is 0.714. The summed E-state index contributed by atoms with van der Waals surface area (Å²) in [6.45, 7) is 7.53. The van der Waals surface area contributed by atoms with Gasteiger partial charge in [-0.3, -0.25) is 9.97 Å². The van der Waals surface area contributed by atoms with Crippen LogP contribution in [0.25, 0.3) is 0 Å². The van der Waals surface area contributed by atoms with Crippen molar-refractivity contribution in [2.24, 2.45) is 11.8 Å². The Kier molecular flexibility index (Phi) is 4.11. The molecule has 2 unspecified atom stereocenters. The predicted molar refractivity (Wildman–Crippen MR) is 69.6 cm³/mol. The maximum Gasteiger partial charge on any atom is 0.0724 e. The van der Waals surface area contributed by atoms with Crippen molar-refractivity contribution >= 4 is 0 Å². The summed E-state index contributed by atoms with van der Waals surface area (Å²) in [5.41, 5.74) is 2.02. The molecule has 1 aromatic rings. The van der Waals surface area contributed by atoms with Crippen LogP contribution in [0.1, 0.15) is 44.5 Å². The summed E-state index contributed by atoms with van der Waals surface area (Å²) >= 11 is 0. The minimum Gasteiger partial charge on any atom is -0.308 e. The van der Waals surface area contributed by atoms with E-state index in [0.717, 1.165) is 29.8 Å². The summed E-state index contributed by atoms with van der Waals surface area (Å²) in [6, 6.07) is 0.650. The average molecular weight is 233 g/mol. The van der Waals surface area contributed by atoms with Gasteiger partial charge in [0.05, 0.1) is 11.4 Å². The highest BCUT2D eigenvalue weighted by Gasteiger charge is 2.23. The van der Waals surface area contributed by atoms with Crippen LogP contribution in [0.3, 0.4) is 0 Å². The second-order valence-corrected chi connectivity index (χ2v) is 5.64. The molecule has 0 saturated heterocycles. The average Bonchev–Trinajstić information content (AvgIpc) is 2.27. The largest absolute Gasteiger partial charge is 0.308 e. The van der Waals surface area contributed by atoms with Crippen molar-refractivity contribution in [2.75, 3.05) is 0 Å². The van der Waals surface area contributed by atoms with Gasteiger partial charge in [0.25, 0.3) is 0 Å². The Labute approximate surface area is 104 Å². The molecular formula is C14H23N3. The van der Waals surface area contributed by atoms with Crippen LogP contribution in [0.4, 0.5) is 0 Å². The SMILES string of the molecule is Cc1cnc(CNC2CC(C)CC(C)C2)cn1. The summed E-state index contributed by atoms with van der Waals surface area (Å²) in [4.78, 5) is 8.65. The fourth-order valence-corrected chi connectivity index (χ4v) is 2.87. The lowest BCUT2D eigenvalue weighted by Gasteiger charge is -2.32. The normalized spacial score (nSPS) is 29.2. The molecule has 1 heterocycles. The van der Waals surface area contributed by atoms with Crippen molar-refractivity contribution in [2.45, 2.75) is 52.6 Å². The summed E-state index contributed by atoms with van der Waals surface area (Å²) in [7, 11) is 0. The molecule has 0 aliphatic heterocycles. The van der Waals surface area contributed by atoms with Crippen LogP contribution in [0.5, 0.6) is 0 Å². The Bertz CT molecular complexity index is 337. The number of nitrogens with one attached hydrogen (secondary N) is 1. The van der Waals surface area contributed by atoms with Crippen molar-refractivity contribution in [1.29, 1.82) is 0 Å². The van der Waals surface area contributed by atoms with Gasteiger partial charge in [-0.05, 0) is 38.0 Å². The van der Waals surface area contributed by atoms with Gasteiger partial charge >= 0.3 is 0 Å². The lowest BCUT2D eigenvalue weighted by Crippen LogP contribution is -2.36. The number of aryl methyl sites for hydroxylation is 1. The first kappa shape index (κ1) is 12.5. The fourth-order valence-electron chi connectivity index (χ4n) is 2.87. The topological polar surface area (TPSA) is 37.8 Å². The summed E-state index contributed by atoms with van der Waals surface area (Å²) in [6.07, 6.45) is 7.68. The number of nitrogens with zero attached hydrogens (tertiary/aromatic N) is 2. The van der Waals surface area contributed by atoms with Crippen molar-refractivity contribution in [3.63, 3.8) is 0 Å². The summed E-state index contributed by atoms with van der Waals surface area (Å²) in [5, 5.41) is 3.62. The molecule has 17 heavy (non-hydrogen) atoms. The first-order valence-corrected chi connectivity index (χ1v) is 6.64. The van der Waals surface area contributed by atoms with E-state index >= 15 is 0 Å². The Balaban J connectivity index is 1.83. The van der Waals surface area contributed by atoms with E-state index in [1.54, 1.807) is 0 Å². The zero-order valence-electron chi connectivity index (χ0n) is 11.1. The maximum atomic E-state index is 4.38. The molecular weight excluding hydrogens is 210 g/mol. The molecule has 3 nitrogen and oxygen atoms in total. The van der Waals surface area contributed by atoms with Crippen molar-refractivity contribution in [1.82, 2.24) is 15.3 Å². The van der Waals surface area contributed by atoms with E-state index in [9.17, 15) is 0 Å². The van der Waals surface area contributed by atoms with E-state index in [1.807, 2.05) is 19.3 Å². The molecule has 0 bridgehead atoms. The second kappa shape index (κ2) is 5.58. The maximum absolute atomic E-state index is 4.38. The highest BCUT2D eigenvalue weighted by molar-refractivity contribution is 5.00. The Morgan fingerprint density at radius 1 is 1.12 bits per heavy atom. The third-order valence-electron chi connectivity index (χ3n) is 3.58. The number of hydrogen-bond donors (Lipinski definition) is 1. The molecule has 0 spiro atoms. The van der Waals surface area contributed by atoms with Gasteiger partial charge in [-0.1, -0.05) is 13.8 Å². The van der Waals surface area contributed by atoms with Crippen LogP contribution in [0.2, 0.25) is 0 Å². The van der Waals surface area contributed by atoms with E-state index < -0.39 is 0 Å². The zero-order chi connectivity index (χ0) is 12.3. The van der Waals surface area contributed by atoms with E-state index in [4.69, 9.17) is 0 Å². The first-order chi connectivity index (χ1) is 8.13. The van der Waals surface area contributed by atoms with E-state index in [-0.39, 0.29) is 0 Å². The molecule has 2 atom stereocenters. The van der Waals surface area contributed by atoms with Gasteiger partial charge in [0, 0.05) is 25.0 Å². The molecule has 1 aromatic heterocycles. The highest BCUT2D eigenvalue weighted by Crippen LogP contribution is 2.28. The third kappa shape index (κ3) is 3.77. The van der Waals surface area contributed by atoms with Crippen LogP contribution in [0.15, 0.2) is 12.4 Å². The molecule has 1 saturated carbocycles. The molecule has 0 amide bonds. The predicted octanol–water partition coefficient (Wildman–Crippen LogP) is 2.70. The van der Waals surface area contributed by atoms with Gasteiger partial charge in [-0.15, -0.1) is 0 Å². The molecule has 1 fully saturated rings. The first-order valence-electron chi connectivity index (χ1n) is 6.64. The van der Waals surface area contributed by atoms with Gasteiger partial charge in [0.2, 0.25) is 0 Å². The molecule has 94 valence electrons. The molecule has 1 aliphatic rings. The number of rotatable bonds is 3. The van der Waals surface area contributed by atoms with E-state index in [2.05, 4.69) is 29.1 Å². The van der Waals surface area contributed by atoms with Crippen LogP contribution in [0, 0.1) is 18.8 Å². The highest BCUT2D eigenvalue weighted by atomic mass is 14.9. The van der Waals surface area contributed by atoms with Crippen LogP contribution >= 0.6 is 0 Å².